The molecule has 1 aromatic heterocycles. The molecule has 3 N–H and O–H groups in total. The summed E-state index contributed by atoms with van der Waals surface area (Å²) in [5, 5.41) is 4.59. The zero-order valence-corrected chi connectivity index (χ0v) is 12.1. The van der Waals surface area contributed by atoms with E-state index in [1.807, 2.05) is 6.07 Å². The van der Waals surface area contributed by atoms with Gasteiger partial charge in [0, 0.05) is 16.6 Å². The predicted octanol–water partition coefficient (Wildman–Crippen LogP) is 3.67. The van der Waals surface area contributed by atoms with E-state index in [4.69, 9.17) is 40.5 Å². The lowest BCUT2D eigenvalue weighted by atomic mass is 10.1. The lowest BCUT2D eigenvalue weighted by Crippen LogP contribution is -2.09. The second-order valence-electron chi connectivity index (χ2n) is 3.84. The van der Waals surface area contributed by atoms with Gasteiger partial charge in [0.2, 0.25) is 0 Å². The highest BCUT2D eigenvalue weighted by Crippen LogP contribution is 2.23. The van der Waals surface area contributed by atoms with E-state index in [2.05, 4.69) is 15.3 Å². The summed E-state index contributed by atoms with van der Waals surface area (Å²) >= 11 is 17.7. The zero-order valence-electron chi connectivity index (χ0n) is 9.83. The van der Waals surface area contributed by atoms with E-state index in [9.17, 15) is 0 Å². The Kier molecular flexibility index (Phi) is 4.69. The molecule has 1 aromatic carbocycles. The molecule has 2 aromatic rings. The first-order valence-electron chi connectivity index (χ1n) is 5.51. The van der Waals surface area contributed by atoms with Crippen LogP contribution in [0.3, 0.4) is 0 Å². The SMILES string of the molecule is Nc1c(Cl)ncnc1NCCc1ccc(Cl)cc1Cl. The second-order valence-corrected chi connectivity index (χ2v) is 5.04. The summed E-state index contributed by atoms with van der Waals surface area (Å²) in [7, 11) is 0. The van der Waals surface area contributed by atoms with Crippen molar-refractivity contribution >= 4 is 46.3 Å². The number of nitrogens with two attached hydrogens (primary N) is 1. The number of benzene rings is 1. The van der Waals surface area contributed by atoms with Crippen LogP contribution in [0.25, 0.3) is 0 Å². The highest BCUT2D eigenvalue weighted by atomic mass is 35.5. The number of nitrogen functional groups attached to an aromatic ring is 1. The van der Waals surface area contributed by atoms with Crippen LogP contribution >= 0.6 is 34.8 Å². The molecule has 19 heavy (non-hydrogen) atoms. The van der Waals surface area contributed by atoms with E-state index < -0.39 is 0 Å². The van der Waals surface area contributed by atoms with Crippen molar-refractivity contribution in [2.75, 3.05) is 17.6 Å². The van der Waals surface area contributed by atoms with Crippen molar-refractivity contribution in [3.63, 3.8) is 0 Å². The fourth-order valence-corrected chi connectivity index (χ4v) is 2.19. The highest BCUT2D eigenvalue weighted by Gasteiger charge is 2.06. The lowest BCUT2D eigenvalue weighted by molar-refractivity contribution is 1.00. The third-order valence-corrected chi connectivity index (χ3v) is 3.43. The molecule has 0 saturated carbocycles. The van der Waals surface area contributed by atoms with Crippen molar-refractivity contribution in [3.8, 4) is 0 Å². The predicted molar refractivity (Wildman–Crippen MR) is 80.1 cm³/mol. The molecule has 0 fully saturated rings. The number of nitrogens with zero attached hydrogens (tertiary/aromatic N) is 2. The Morgan fingerprint density at radius 2 is 1.95 bits per heavy atom. The van der Waals surface area contributed by atoms with Gasteiger partial charge in [-0.15, -0.1) is 0 Å². The van der Waals surface area contributed by atoms with Crippen LogP contribution < -0.4 is 11.1 Å². The summed E-state index contributed by atoms with van der Waals surface area (Å²) in [6, 6.07) is 5.41. The van der Waals surface area contributed by atoms with E-state index in [-0.39, 0.29) is 5.15 Å². The smallest absolute Gasteiger partial charge is 0.157 e. The topological polar surface area (TPSA) is 63.8 Å². The number of hydrogen-bond donors (Lipinski definition) is 2. The van der Waals surface area contributed by atoms with E-state index in [1.165, 1.54) is 6.33 Å². The molecule has 0 atom stereocenters. The summed E-state index contributed by atoms with van der Waals surface area (Å²) in [6.45, 7) is 0.624. The van der Waals surface area contributed by atoms with Gasteiger partial charge in [0.15, 0.2) is 11.0 Å². The van der Waals surface area contributed by atoms with Crippen molar-refractivity contribution in [1.29, 1.82) is 0 Å². The maximum atomic E-state index is 6.08. The van der Waals surface area contributed by atoms with Crippen molar-refractivity contribution in [2.45, 2.75) is 6.42 Å². The minimum atomic E-state index is 0.238. The van der Waals surface area contributed by atoms with Crippen LogP contribution in [0, 0.1) is 0 Å². The van der Waals surface area contributed by atoms with Gasteiger partial charge in [-0.25, -0.2) is 9.97 Å². The minimum absolute atomic E-state index is 0.238. The molecule has 1 heterocycles. The van der Waals surface area contributed by atoms with Crippen LogP contribution in [0.2, 0.25) is 15.2 Å². The first-order valence-corrected chi connectivity index (χ1v) is 6.65. The standard InChI is InChI=1S/C12H11Cl3N4/c13-8-2-1-7(9(14)5-8)3-4-17-12-10(16)11(15)18-6-19-12/h1-2,5-6H,3-4,16H2,(H,17,18,19). The molecule has 100 valence electrons. The maximum absolute atomic E-state index is 6.08. The van der Waals surface area contributed by atoms with Gasteiger partial charge in [0.1, 0.15) is 12.0 Å². The molecule has 0 saturated heterocycles. The molecule has 0 bridgehead atoms. The maximum Gasteiger partial charge on any atom is 0.157 e. The molecule has 0 radical (unpaired) electrons. The number of hydrogen-bond acceptors (Lipinski definition) is 4. The normalized spacial score (nSPS) is 10.5. The molecule has 7 heteroatoms. The number of rotatable bonds is 4. The van der Waals surface area contributed by atoms with Crippen molar-refractivity contribution < 1.29 is 0 Å². The number of anilines is 2. The molecule has 0 unspecified atom stereocenters. The quantitative estimate of drug-likeness (QED) is 0.844. The zero-order chi connectivity index (χ0) is 13.8. The van der Waals surface area contributed by atoms with E-state index in [0.29, 0.717) is 28.1 Å². The minimum Gasteiger partial charge on any atom is -0.393 e. The second kappa shape index (κ2) is 6.28. The third-order valence-electron chi connectivity index (χ3n) is 2.54. The largest absolute Gasteiger partial charge is 0.393 e. The lowest BCUT2D eigenvalue weighted by Gasteiger charge is -2.09. The van der Waals surface area contributed by atoms with Crippen molar-refractivity contribution in [3.05, 3.63) is 45.3 Å². The molecule has 0 aliphatic rings. The molecular formula is C12H11Cl3N4. The molecule has 4 nitrogen and oxygen atoms in total. The molecule has 0 aliphatic heterocycles. The number of aromatic nitrogens is 2. The van der Waals surface area contributed by atoms with Crippen molar-refractivity contribution in [1.82, 2.24) is 9.97 Å². The fraction of sp³-hybridized carbons (Fsp3) is 0.167. The summed E-state index contributed by atoms with van der Waals surface area (Å²) in [4.78, 5) is 7.80. The number of halogens is 3. The van der Waals surface area contributed by atoms with Gasteiger partial charge in [-0.3, -0.25) is 0 Å². The third kappa shape index (κ3) is 3.62. The van der Waals surface area contributed by atoms with Crippen LogP contribution in [-0.2, 0) is 6.42 Å². The average molecular weight is 318 g/mol. The average Bonchev–Trinajstić information content (AvgIpc) is 2.37. The monoisotopic (exact) mass is 316 g/mol. The first-order chi connectivity index (χ1) is 9.08. The highest BCUT2D eigenvalue weighted by molar-refractivity contribution is 6.35. The first kappa shape index (κ1) is 14.2. The van der Waals surface area contributed by atoms with Gasteiger partial charge in [0.25, 0.3) is 0 Å². The van der Waals surface area contributed by atoms with Crippen LogP contribution in [0.1, 0.15) is 5.56 Å². The molecule has 2 rings (SSSR count). The number of nitrogens with one attached hydrogen (secondary N) is 1. The summed E-state index contributed by atoms with van der Waals surface area (Å²) in [5.74, 6) is 0.519. The van der Waals surface area contributed by atoms with Crippen LogP contribution in [0.5, 0.6) is 0 Å². The van der Waals surface area contributed by atoms with Gasteiger partial charge in [-0.05, 0) is 24.1 Å². The fourth-order valence-electron chi connectivity index (χ4n) is 1.55. The Morgan fingerprint density at radius 3 is 2.68 bits per heavy atom. The molecule has 0 amide bonds. The molecule has 0 aliphatic carbocycles. The Morgan fingerprint density at radius 1 is 1.16 bits per heavy atom. The Bertz CT molecular complexity index is 589. The van der Waals surface area contributed by atoms with Gasteiger partial charge in [-0.1, -0.05) is 40.9 Å². The van der Waals surface area contributed by atoms with Gasteiger partial charge >= 0.3 is 0 Å². The van der Waals surface area contributed by atoms with E-state index in [1.54, 1.807) is 12.1 Å². The van der Waals surface area contributed by atoms with Crippen molar-refractivity contribution in [2.24, 2.45) is 0 Å². The summed E-state index contributed by atoms with van der Waals surface area (Å²) < 4.78 is 0. The van der Waals surface area contributed by atoms with Crippen LogP contribution in [-0.4, -0.2) is 16.5 Å². The van der Waals surface area contributed by atoms with E-state index in [0.717, 1.165) is 12.0 Å². The Labute approximate surface area is 125 Å². The Hall–Kier alpha value is -1.23. The van der Waals surface area contributed by atoms with Gasteiger partial charge in [0.05, 0.1) is 0 Å². The van der Waals surface area contributed by atoms with E-state index >= 15 is 0 Å². The van der Waals surface area contributed by atoms with Gasteiger partial charge in [-0.2, -0.15) is 0 Å². The Balaban J connectivity index is 1.98. The molecule has 0 spiro atoms. The van der Waals surface area contributed by atoms with Gasteiger partial charge < -0.3 is 11.1 Å². The van der Waals surface area contributed by atoms with Crippen LogP contribution in [0.4, 0.5) is 11.5 Å². The molecular weight excluding hydrogens is 307 g/mol. The summed E-state index contributed by atoms with van der Waals surface area (Å²) in [6.07, 6.45) is 2.08. The summed E-state index contributed by atoms with van der Waals surface area (Å²) in [5.41, 5.74) is 7.09. The van der Waals surface area contributed by atoms with Crippen LogP contribution in [0.15, 0.2) is 24.5 Å².